The number of aliphatic hydroxyl groups is 1. The van der Waals surface area contributed by atoms with Crippen LogP contribution < -0.4 is 10.6 Å². The predicted molar refractivity (Wildman–Crippen MR) is 74.2 cm³/mol. The van der Waals surface area contributed by atoms with E-state index in [9.17, 15) is 4.79 Å². The molecule has 0 spiro atoms. The highest BCUT2D eigenvalue weighted by Crippen LogP contribution is 2.21. The van der Waals surface area contributed by atoms with Gasteiger partial charge >= 0.3 is 0 Å². The molecule has 0 aliphatic carbocycles. The monoisotopic (exact) mass is 265 g/mol. The van der Waals surface area contributed by atoms with E-state index in [0.29, 0.717) is 11.7 Å². The number of nitrogens with zero attached hydrogens (tertiary/aromatic N) is 1. The number of nitrogens with one attached hydrogen (secondary N) is 2. The molecule has 0 radical (unpaired) electrons. The Labute approximate surface area is 114 Å². The van der Waals surface area contributed by atoms with Crippen molar-refractivity contribution >= 4 is 5.91 Å². The number of aliphatic hydroxyl groups excluding tert-OH is 1. The fourth-order valence-corrected chi connectivity index (χ4v) is 2.53. The average molecular weight is 265 g/mol. The molecule has 1 aliphatic heterocycles. The molecule has 1 aromatic rings. The minimum Gasteiger partial charge on any atom is -0.394 e. The summed E-state index contributed by atoms with van der Waals surface area (Å²) in [6.07, 6.45) is 4.80. The Morgan fingerprint density at radius 2 is 2.32 bits per heavy atom. The Morgan fingerprint density at radius 1 is 1.58 bits per heavy atom. The number of piperidine rings is 1. The van der Waals surface area contributed by atoms with Crippen molar-refractivity contribution in [2.24, 2.45) is 0 Å². The minimum absolute atomic E-state index is 0.0176. The predicted octanol–water partition coefficient (Wildman–Crippen LogP) is 0.913. The highest BCUT2D eigenvalue weighted by molar-refractivity contribution is 5.93. The third-order valence-electron chi connectivity index (χ3n) is 3.76. The van der Waals surface area contributed by atoms with Crippen molar-refractivity contribution in [3.05, 3.63) is 24.0 Å². The highest BCUT2D eigenvalue weighted by atomic mass is 16.3. The Morgan fingerprint density at radius 3 is 2.95 bits per heavy atom. The van der Waals surface area contributed by atoms with Gasteiger partial charge in [-0.05, 0) is 44.5 Å². The van der Waals surface area contributed by atoms with E-state index in [1.165, 1.54) is 0 Å². The van der Waals surface area contributed by atoms with Crippen molar-refractivity contribution in [1.29, 1.82) is 0 Å². The summed E-state index contributed by atoms with van der Waals surface area (Å²) in [5.74, 6) is -0.0931. The van der Waals surface area contributed by atoms with E-state index in [0.717, 1.165) is 32.4 Å². The lowest BCUT2D eigenvalue weighted by atomic mass is 10.1. The summed E-state index contributed by atoms with van der Waals surface area (Å²) >= 11 is 0. The summed E-state index contributed by atoms with van der Waals surface area (Å²) in [6.45, 7) is 3.93. The molecule has 0 bridgehead atoms. The van der Waals surface area contributed by atoms with Crippen molar-refractivity contribution in [3.63, 3.8) is 0 Å². The van der Waals surface area contributed by atoms with Gasteiger partial charge in [0, 0.05) is 12.2 Å². The van der Waals surface area contributed by atoms with Crippen LogP contribution in [0, 0.1) is 0 Å². The lowest BCUT2D eigenvalue weighted by Gasteiger charge is -2.26. The molecule has 1 aliphatic rings. The highest BCUT2D eigenvalue weighted by Gasteiger charge is 2.20. The molecule has 5 heteroatoms. The van der Waals surface area contributed by atoms with Crippen LogP contribution in [0.15, 0.2) is 18.3 Å². The van der Waals surface area contributed by atoms with Gasteiger partial charge in [0.2, 0.25) is 0 Å². The van der Waals surface area contributed by atoms with Gasteiger partial charge in [-0.25, -0.2) is 0 Å². The molecule has 1 atom stereocenters. The van der Waals surface area contributed by atoms with E-state index in [2.05, 4.69) is 15.2 Å². The third kappa shape index (κ3) is 3.36. The fraction of sp³-hybridized carbons (Fsp3) is 0.643. The van der Waals surface area contributed by atoms with E-state index < -0.39 is 0 Å². The van der Waals surface area contributed by atoms with Gasteiger partial charge in [0.25, 0.3) is 5.91 Å². The van der Waals surface area contributed by atoms with Gasteiger partial charge in [0.05, 0.1) is 12.6 Å². The first kappa shape index (κ1) is 14.1. The first-order chi connectivity index (χ1) is 9.26. The Kier molecular flexibility index (Phi) is 4.99. The molecular formula is C14H23N3O2. The summed E-state index contributed by atoms with van der Waals surface area (Å²) < 4.78 is 2.07. The SMILES string of the molecule is CC[C@@H](CO)NC(=O)c1cccn1C1CCNCC1. The Balaban J connectivity index is 2.07. The zero-order valence-corrected chi connectivity index (χ0v) is 11.4. The fourth-order valence-electron chi connectivity index (χ4n) is 2.53. The van der Waals surface area contributed by atoms with Crippen molar-refractivity contribution in [1.82, 2.24) is 15.2 Å². The zero-order valence-electron chi connectivity index (χ0n) is 11.4. The second kappa shape index (κ2) is 6.73. The van der Waals surface area contributed by atoms with Gasteiger partial charge in [0.1, 0.15) is 5.69 Å². The molecule has 0 aromatic carbocycles. The molecular weight excluding hydrogens is 242 g/mol. The number of hydrogen-bond donors (Lipinski definition) is 3. The molecule has 1 amide bonds. The molecule has 1 aromatic heterocycles. The van der Waals surface area contributed by atoms with Crippen molar-refractivity contribution in [2.45, 2.75) is 38.3 Å². The minimum atomic E-state index is -0.163. The van der Waals surface area contributed by atoms with Gasteiger partial charge in [0.15, 0.2) is 0 Å². The van der Waals surface area contributed by atoms with Crippen molar-refractivity contribution in [2.75, 3.05) is 19.7 Å². The topological polar surface area (TPSA) is 66.3 Å². The van der Waals surface area contributed by atoms with Crippen LogP contribution in [-0.2, 0) is 0 Å². The first-order valence-electron chi connectivity index (χ1n) is 7.05. The average Bonchev–Trinajstić information content (AvgIpc) is 2.95. The van der Waals surface area contributed by atoms with E-state index in [1.807, 2.05) is 25.3 Å². The molecule has 0 unspecified atom stereocenters. The summed E-state index contributed by atoms with van der Waals surface area (Å²) in [5, 5.41) is 15.4. The summed E-state index contributed by atoms with van der Waals surface area (Å²) in [5.41, 5.74) is 0.693. The zero-order chi connectivity index (χ0) is 13.7. The van der Waals surface area contributed by atoms with Crippen LogP contribution in [0.3, 0.4) is 0 Å². The maximum Gasteiger partial charge on any atom is 0.268 e. The van der Waals surface area contributed by atoms with E-state index >= 15 is 0 Å². The third-order valence-corrected chi connectivity index (χ3v) is 3.76. The van der Waals surface area contributed by atoms with Gasteiger partial charge in [-0.15, -0.1) is 0 Å². The largest absolute Gasteiger partial charge is 0.394 e. The molecule has 3 N–H and O–H groups in total. The van der Waals surface area contributed by atoms with Gasteiger partial charge in [-0.3, -0.25) is 4.79 Å². The van der Waals surface area contributed by atoms with E-state index in [4.69, 9.17) is 5.11 Å². The smallest absolute Gasteiger partial charge is 0.268 e. The van der Waals surface area contributed by atoms with Gasteiger partial charge in [-0.1, -0.05) is 6.92 Å². The molecule has 0 saturated carbocycles. The number of aromatic nitrogens is 1. The summed E-state index contributed by atoms with van der Waals surface area (Å²) in [6, 6.07) is 3.99. The summed E-state index contributed by atoms with van der Waals surface area (Å²) in [7, 11) is 0. The van der Waals surface area contributed by atoms with Crippen molar-refractivity contribution in [3.8, 4) is 0 Å². The van der Waals surface area contributed by atoms with Crippen molar-refractivity contribution < 1.29 is 9.90 Å². The standard InChI is InChI=1S/C14H23N3O2/c1-2-11(10-18)16-14(19)13-4-3-9-17(13)12-5-7-15-8-6-12/h3-4,9,11-12,15,18H,2,5-8,10H2,1H3,(H,16,19)/t11-/m0/s1. The molecule has 1 saturated heterocycles. The molecule has 2 rings (SSSR count). The maximum absolute atomic E-state index is 12.2. The van der Waals surface area contributed by atoms with Crippen LogP contribution in [0.25, 0.3) is 0 Å². The van der Waals surface area contributed by atoms with Crippen LogP contribution in [0.1, 0.15) is 42.7 Å². The molecule has 5 nitrogen and oxygen atoms in total. The first-order valence-corrected chi connectivity index (χ1v) is 7.05. The second-order valence-corrected chi connectivity index (χ2v) is 5.04. The molecule has 19 heavy (non-hydrogen) atoms. The second-order valence-electron chi connectivity index (χ2n) is 5.04. The van der Waals surface area contributed by atoms with E-state index in [1.54, 1.807) is 0 Å². The number of amides is 1. The quantitative estimate of drug-likeness (QED) is 0.741. The normalized spacial score (nSPS) is 18.2. The molecule has 106 valence electrons. The molecule has 2 heterocycles. The van der Waals surface area contributed by atoms with Crippen LogP contribution in [0.4, 0.5) is 0 Å². The lowest BCUT2D eigenvalue weighted by Crippen LogP contribution is -2.38. The maximum atomic E-state index is 12.2. The van der Waals surface area contributed by atoms with Crippen LogP contribution in [0.2, 0.25) is 0 Å². The number of rotatable bonds is 5. The van der Waals surface area contributed by atoms with E-state index in [-0.39, 0.29) is 18.6 Å². The van der Waals surface area contributed by atoms with Crippen LogP contribution in [0.5, 0.6) is 0 Å². The van der Waals surface area contributed by atoms with Crippen LogP contribution >= 0.6 is 0 Å². The molecule has 1 fully saturated rings. The number of hydrogen-bond acceptors (Lipinski definition) is 3. The summed E-state index contributed by atoms with van der Waals surface area (Å²) in [4.78, 5) is 12.2. The lowest BCUT2D eigenvalue weighted by molar-refractivity contribution is 0.0902. The Bertz CT molecular complexity index is 407. The van der Waals surface area contributed by atoms with Gasteiger partial charge in [-0.2, -0.15) is 0 Å². The van der Waals surface area contributed by atoms with Crippen LogP contribution in [-0.4, -0.2) is 41.3 Å². The Hall–Kier alpha value is -1.33. The van der Waals surface area contributed by atoms with Gasteiger partial charge < -0.3 is 20.3 Å². The number of carbonyl (C=O) groups is 1. The number of carbonyl (C=O) groups excluding carboxylic acids is 1.